The van der Waals surface area contributed by atoms with Crippen molar-refractivity contribution in [1.29, 1.82) is 0 Å². The molecule has 0 saturated heterocycles. The smallest absolute Gasteiger partial charge is 0.378 e. The second-order valence-corrected chi connectivity index (χ2v) is 4.63. The molecule has 1 heterocycles. The van der Waals surface area contributed by atoms with Crippen LogP contribution in [-0.2, 0) is 23.8 Å². The van der Waals surface area contributed by atoms with Gasteiger partial charge in [-0.15, -0.1) is 0 Å². The minimum absolute atomic E-state index is 0.0336. The van der Waals surface area contributed by atoms with Crippen molar-refractivity contribution in [3.05, 3.63) is 47.9 Å². The van der Waals surface area contributed by atoms with Crippen LogP contribution in [0.25, 0.3) is 0 Å². The maximum Gasteiger partial charge on any atom is 0.378 e. The van der Waals surface area contributed by atoms with Crippen LogP contribution in [0, 0.1) is 0 Å². The molecule has 1 aliphatic heterocycles. The standard InChI is InChI=1S/C15H17NO5/c1-16(2)14(17)13(11-6-4-3-5-7-11)21-15(18)12-10-19-8-9-20-12/h3-7,10,13H,8-9H2,1-2H3/t13-/m0/s1. The van der Waals surface area contributed by atoms with Crippen LogP contribution in [0.15, 0.2) is 42.4 Å². The van der Waals surface area contributed by atoms with Crippen LogP contribution in [0.2, 0.25) is 0 Å². The highest BCUT2D eigenvalue weighted by Crippen LogP contribution is 2.21. The van der Waals surface area contributed by atoms with Gasteiger partial charge in [0.2, 0.25) is 11.9 Å². The van der Waals surface area contributed by atoms with Gasteiger partial charge in [-0.3, -0.25) is 4.79 Å². The molecule has 1 atom stereocenters. The molecule has 2 rings (SSSR count). The Kier molecular flexibility index (Phi) is 4.81. The Balaban J connectivity index is 2.18. The van der Waals surface area contributed by atoms with Crippen LogP contribution in [0.5, 0.6) is 0 Å². The number of ether oxygens (including phenoxy) is 3. The number of benzene rings is 1. The maximum absolute atomic E-state index is 12.2. The topological polar surface area (TPSA) is 65.1 Å². The minimum Gasteiger partial charge on any atom is -0.493 e. The third-order valence-electron chi connectivity index (χ3n) is 2.84. The molecule has 0 aromatic heterocycles. The lowest BCUT2D eigenvalue weighted by atomic mass is 10.1. The predicted molar refractivity (Wildman–Crippen MR) is 74.0 cm³/mol. The molecule has 112 valence electrons. The predicted octanol–water partition coefficient (Wildman–Crippen LogP) is 1.25. The summed E-state index contributed by atoms with van der Waals surface area (Å²) in [5.41, 5.74) is 0.599. The number of carbonyl (C=O) groups is 2. The normalized spacial score (nSPS) is 15.0. The van der Waals surface area contributed by atoms with E-state index in [1.54, 1.807) is 38.4 Å². The first-order valence-electron chi connectivity index (χ1n) is 6.51. The number of esters is 1. The van der Waals surface area contributed by atoms with Crippen molar-refractivity contribution in [2.45, 2.75) is 6.10 Å². The van der Waals surface area contributed by atoms with Gasteiger partial charge in [0.25, 0.3) is 5.91 Å². The Labute approximate surface area is 122 Å². The minimum atomic E-state index is -1.01. The number of rotatable bonds is 4. The van der Waals surface area contributed by atoms with Gasteiger partial charge in [0.15, 0.2) is 0 Å². The molecule has 0 bridgehead atoms. The second kappa shape index (κ2) is 6.78. The number of nitrogens with zero attached hydrogens (tertiary/aromatic N) is 1. The van der Waals surface area contributed by atoms with Gasteiger partial charge in [0.05, 0.1) is 0 Å². The van der Waals surface area contributed by atoms with E-state index >= 15 is 0 Å². The van der Waals surface area contributed by atoms with Gasteiger partial charge in [0.1, 0.15) is 19.5 Å². The zero-order chi connectivity index (χ0) is 15.2. The Morgan fingerprint density at radius 1 is 1.19 bits per heavy atom. The molecule has 0 N–H and O–H groups in total. The SMILES string of the molecule is CN(C)C(=O)[C@@H](OC(=O)C1=COCCO1)c1ccccc1. The summed E-state index contributed by atoms with van der Waals surface area (Å²) >= 11 is 0. The fourth-order valence-electron chi connectivity index (χ4n) is 1.76. The molecule has 0 fully saturated rings. The molecule has 0 saturated carbocycles. The molecular weight excluding hydrogens is 274 g/mol. The van der Waals surface area contributed by atoms with Crippen LogP contribution < -0.4 is 0 Å². The van der Waals surface area contributed by atoms with Crippen molar-refractivity contribution >= 4 is 11.9 Å². The molecule has 0 spiro atoms. The van der Waals surface area contributed by atoms with Gasteiger partial charge < -0.3 is 19.1 Å². The highest BCUT2D eigenvalue weighted by molar-refractivity contribution is 5.90. The first kappa shape index (κ1) is 14.9. The van der Waals surface area contributed by atoms with Crippen molar-refractivity contribution in [3.63, 3.8) is 0 Å². The lowest BCUT2D eigenvalue weighted by Gasteiger charge is -2.22. The summed E-state index contributed by atoms with van der Waals surface area (Å²) in [6.45, 7) is 0.661. The summed E-state index contributed by atoms with van der Waals surface area (Å²) in [4.78, 5) is 25.6. The molecular formula is C15H17NO5. The zero-order valence-corrected chi connectivity index (χ0v) is 11.9. The molecule has 1 aliphatic rings. The van der Waals surface area contributed by atoms with Crippen LogP contribution in [0.1, 0.15) is 11.7 Å². The van der Waals surface area contributed by atoms with E-state index in [1.165, 1.54) is 11.2 Å². The quantitative estimate of drug-likeness (QED) is 0.781. The first-order valence-corrected chi connectivity index (χ1v) is 6.51. The summed E-state index contributed by atoms with van der Waals surface area (Å²) in [6, 6.07) is 8.83. The average molecular weight is 291 g/mol. The molecule has 1 aromatic rings. The van der Waals surface area contributed by atoms with Crippen LogP contribution >= 0.6 is 0 Å². The van der Waals surface area contributed by atoms with Gasteiger partial charge in [-0.25, -0.2) is 4.79 Å². The van der Waals surface area contributed by atoms with E-state index in [9.17, 15) is 9.59 Å². The maximum atomic E-state index is 12.2. The summed E-state index contributed by atoms with van der Waals surface area (Å²) < 4.78 is 15.5. The number of likely N-dealkylation sites (N-methyl/N-ethyl adjacent to an activating group) is 1. The molecule has 1 amide bonds. The summed E-state index contributed by atoms with van der Waals surface area (Å²) in [5.74, 6) is -1.08. The average Bonchev–Trinajstić information content (AvgIpc) is 2.53. The lowest BCUT2D eigenvalue weighted by Crippen LogP contribution is -2.32. The van der Waals surface area contributed by atoms with Gasteiger partial charge in [0, 0.05) is 19.7 Å². The third kappa shape index (κ3) is 3.75. The van der Waals surface area contributed by atoms with Crippen molar-refractivity contribution in [3.8, 4) is 0 Å². The van der Waals surface area contributed by atoms with E-state index in [0.717, 1.165) is 0 Å². The van der Waals surface area contributed by atoms with Crippen LogP contribution in [0.4, 0.5) is 0 Å². The summed E-state index contributed by atoms with van der Waals surface area (Å²) in [5, 5.41) is 0. The highest BCUT2D eigenvalue weighted by Gasteiger charge is 2.29. The fraction of sp³-hybridized carbons (Fsp3) is 0.333. The van der Waals surface area contributed by atoms with Crippen molar-refractivity contribution in [2.75, 3.05) is 27.3 Å². The molecule has 0 aliphatic carbocycles. The number of amides is 1. The zero-order valence-electron chi connectivity index (χ0n) is 11.9. The van der Waals surface area contributed by atoms with E-state index < -0.39 is 12.1 Å². The molecule has 21 heavy (non-hydrogen) atoms. The Morgan fingerprint density at radius 2 is 1.90 bits per heavy atom. The van der Waals surface area contributed by atoms with Crippen molar-refractivity contribution < 1.29 is 23.8 Å². The molecule has 1 aromatic carbocycles. The monoisotopic (exact) mass is 291 g/mol. The lowest BCUT2D eigenvalue weighted by molar-refractivity contribution is -0.160. The largest absolute Gasteiger partial charge is 0.493 e. The molecule has 0 unspecified atom stereocenters. The Hall–Kier alpha value is -2.50. The van der Waals surface area contributed by atoms with Gasteiger partial charge in [-0.1, -0.05) is 30.3 Å². The fourth-order valence-corrected chi connectivity index (χ4v) is 1.76. The highest BCUT2D eigenvalue weighted by atomic mass is 16.6. The number of hydrogen-bond donors (Lipinski definition) is 0. The third-order valence-corrected chi connectivity index (χ3v) is 2.84. The van der Waals surface area contributed by atoms with Crippen LogP contribution in [0.3, 0.4) is 0 Å². The summed E-state index contributed by atoms with van der Waals surface area (Å²) in [7, 11) is 3.21. The van der Waals surface area contributed by atoms with E-state index in [2.05, 4.69) is 0 Å². The van der Waals surface area contributed by atoms with Crippen LogP contribution in [-0.4, -0.2) is 44.1 Å². The second-order valence-electron chi connectivity index (χ2n) is 4.63. The van der Waals surface area contributed by atoms with Gasteiger partial charge in [-0.2, -0.15) is 0 Å². The van der Waals surface area contributed by atoms with Gasteiger partial charge >= 0.3 is 5.97 Å². The molecule has 6 heteroatoms. The molecule has 0 radical (unpaired) electrons. The first-order chi connectivity index (χ1) is 10.1. The van der Waals surface area contributed by atoms with Crippen molar-refractivity contribution in [1.82, 2.24) is 4.90 Å². The van der Waals surface area contributed by atoms with E-state index in [0.29, 0.717) is 12.2 Å². The van der Waals surface area contributed by atoms with E-state index in [4.69, 9.17) is 14.2 Å². The van der Waals surface area contributed by atoms with E-state index in [1.807, 2.05) is 6.07 Å². The van der Waals surface area contributed by atoms with Gasteiger partial charge in [-0.05, 0) is 0 Å². The Morgan fingerprint density at radius 3 is 2.48 bits per heavy atom. The molecule has 6 nitrogen and oxygen atoms in total. The van der Waals surface area contributed by atoms with Crippen molar-refractivity contribution in [2.24, 2.45) is 0 Å². The summed E-state index contributed by atoms with van der Waals surface area (Å²) in [6.07, 6.45) is 0.189. The number of carbonyl (C=O) groups excluding carboxylic acids is 2. The Bertz CT molecular complexity index is 538. The van der Waals surface area contributed by atoms with E-state index in [-0.39, 0.29) is 18.3 Å². The number of hydrogen-bond acceptors (Lipinski definition) is 5.